The molecule has 0 radical (unpaired) electrons. The summed E-state index contributed by atoms with van der Waals surface area (Å²) in [6.45, 7) is 0. The fourth-order valence-corrected chi connectivity index (χ4v) is 0.845. The number of aldehydes is 1. The van der Waals surface area contributed by atoms with E-state index in [0.717, 1.165) is 17.4 Å². The number of carbonyl (C=O) groups is 1. The van der Waals surface area contributed by atoms with Crippen LogP contribution >= 0.6 is 0 Å². The number of rotatable bonds is 1. The molecule has 0 spiro atoms. The molecule has 62 valence electrons. The molecule has 0 aliphatic carbocycles. The summed E-state index contributed by atoms with van der Waals surface area (Å²) in [5.41, 5.74) is 1.71. The summed E-state index contributed by atoms with van der Waals surface area (Å²) < 4.78 is 0. The van der Waals surface area contributed by atoms with Gasteiger partial charge in [-0.15, -0.1) is 6.42 Å². The van der Waals surface area contributed by atoms with Crippen LogP contribution in [0, 0.1) is 24.2 Å². The molecule has 0 heterocycles. The summed E-state index contributed by atoms with van der Waals surface area (Å²) in [6.07, 6.45) is 6.24. The predicted octanol–water partition coefficient (Wildman–Crippen LogP) is 1.61. The molecule has 0 saturated carbocycles. The maximum Gasteiger partial charge on any atom is 0.131 e. The summed E-state index contributed by atoms with van der Waals surface area (Å²) in [7, 11) is 0. The highest BCUT2D eigenvalue weighted by atomic mass is 16.1. The van der Waals surface area contributed by atoms with E-state index in [1.165, 1.54) is 0 Å². The first-order valence-electron chi connectivity index (χ1n) is 3.86. The van der Waals surface area contributed by atoms with Gasteiger partial charge in [-0.1, -0.05) is 17.8 Å². The summed E-state index contributed by atoms with van der Waals surface area (Å²) in [4.78, 5) is 9.97. The van der Waals surface area contributed by atoms with Gasteiger partial charge >= 0.3 is 0 Å². The zero-order valence-corrected chi connectivity index (χ0v) is 7.08. The van der Waals surface area contributed by atoms with E-state index in [9.17, 15) is 4.79 Å². The van der Waals surface area contributed by atoms with Crippen LogP contribution < -0.4 is 0 Å². The van der Waals surface area contributed by atoms with E-state index >= 15 is 0 Å². The van der Waals surface area contributed by atoms with Crippen LogP contribution in [-0.4, -0.2) is 6.29 Å². The van der Waals surface area contributed by atoms with E-state index in [-0.39, 0.29) is 6.42 Å². The molecule has 1 heteroatoms. The number of terminal acetylenes is 1. The van der Waals surface area contributed by atoms with Crippen LogP contribution in [0.3, 0.4) is 0 Å². The Kier molecular flexibility index (Phi) is 3.36. The molecule has 1 aromatic carbocycles. The molecule has 0 saturated heterocycles. The van der Waals surface area contributed by atoms with Crippen LogP contribution in [0.4, 0.5) is 0 Å². The minimum atomic E-state index is 0.275. The second kappa shape index (κ2) is 4.80. The summed E-state index contributed by atoms with van der Waals surface area (Å²) in [5, 5.41) is 0. The zero-order valence-electron chi connectivity index (χ0n) is 7.08. The summed E-state index contributed by atoms with van der Waals surface area (Å²) in [6, 6.07) is 7.33. The van der Waals surface area contributed by atoms with Gasteiger partial charge in [0, 0.05) is 11.1 Å². The Morgan fingerprint density at radius 3 is 2.38 bits per heavy atom. The third kappa shape index (κ3) is 2.85. The molecule has 0 aromatic heterocycles. The first kappa shape index (κ1) is 9.10. The van der Waals surface area contributed by atoms with Crippen molar-refractivity contribution in [1.82, 2.24) is 0 Å². The van der Waals surface area contributed by atoms with Gasteiger partial charge in [-0.05, 0) is 24.3 Å². The summed E-state index contributed by atoms with van der Waals surface area (Å²) >= 11 is 0. The minimum Gasteiger partial charge on any atom is -0.302 e. The Hall–Kier alpha value is -1.99. The van der Waals surface area contributed by atoms with Crippen LogP contribution in [0.25, 0.3) is 0 Å². The number of hydrogen-bond donors (Lipinski definition) is 0. The van der Waals surface area contributed by atoms with E-state index in [0.29, 0.717) is 0 Å². The molecule has 0 amide bonds. The van der Waals surface area contributed by atoms with Crippen molar-refractivity contribution in [3.63, 3.8) is 0 Å². The van der Waals surface area contributed by atoms with Crippen molar-refractivity contribution in [2.45, 2.75) is 6.42 Å². The fraction of sp³-hybridized carbons (Fsp3) is 0.0833. The van der Waals surface area contributed by atoms with E-state index < -0.39 is 0 Å². The standard InChI is InChI=1S/C12H8O/c1-2-11-6-8-12(9-7-11)5-3-4-10-13/h1,6-10H,4H2. The second-order valence-corrected chi connectivity index (χ2v) is 2.39. The normalized spacial score (nSPS) is 7.92. The SMILES string of the molecule is C#Cc1ccc(C#CCC=O)cc1. The van der Waals surface area contributed by atoms with Crippen molar-refractivity contribution in [1.29, 1.82) is 0 Å². The molecular formula is C12H8O. The average molecular weight is 168 g/mol. The molecular weight excluding hydrogens is 160 g/mol. The zero-order chi connectivity index (χ0) is 9.52. The molecule has 0 atom stereocenters. The number of benzene rings is 1. The van der Waals surface area contributed by atoms with E-state index in [2.05, 4.69) is 17.8 Å². The molecule has 0 bridgehead atoms. The quantitative estimate of drug-likeness (QED) is 0.460. The molecule has 0 aliphatic heterocycles. The Labute approximate surface area is 77.8 Å². The van der Waals surface area contributed by atoms with Crippen molar-refractivity contribution in [3.8, 4) is 24.2 Å². The molecule has 1 nitrogen and oxygen atoms in total. The molecule has 0 aliphatic rings. The van der Waals surface area contributed by atoms with Crippen LogP contribution in [0.5, 0.6) is 0 Å². The lowest BCUT2D eigenvalue weighted by atomic mass is 10.1. The average Bonchev–Trinajstić information content (AvgIpc) is 2.19. The lowest BCUT2D eigenvalue weighted by molar-refractivity contribution is -0.107. The molecule has 1 aromatic rings. The first-order chi connectivity index (χ1) is 6.36. The predicted molar refractivity (Wildman–Crippen MR) is 51.9 cm³/mol. The topological polar surface area (TPSA) is 17.1 Å². The highest BCUT2D eigenvalue weighted by molar-refractivity contribution is 5.55. The number of carbonyl (C=O) groups excluding carboxylic acids is 1. The van der Waals surface area contributed by atoms with E-state index in [4.69, 9.17) is 6.42 Å². The lowest BCUT2D eigenvalue weighted by Gasteiger charge is -1.90. The van der Waals surface area contributed by atoms with Crippen molar-refractivity contribution in [3.05, 3.63) is 35.4 Å². The smallest absolute Gasteiger partial charge is 0.131 e. The minimum absolute atomic E-state index is 0.275. The Morgan fingerprint density at radius 2 is 1.85 bits per heavy atom. The van der Waals surface area contributed by atoms with Gasteiger partial charge in [0.25, 0.3) is 0 Å². The Bertz CT molecular complexity index is 382. The molecule has 1 rings (SSSR count). The largest absolute Gasteiger partial charge is 0.302 e. The maximum atomic E-state index is 9.97. The van der Waals surface area contributed by atoms with Crippen LogP contribution in [0.1, 0.15) is 17.5 Å². The molecule has 0 unspecified atom stereocenters. The van der Waals surface area contributed by atoms with Crippen LogP contribution in [0.15, 0.2) is 24.3 Å². The van der Waals surface area contributed by atoms with Gasteiger partial charge in [-0.25, -0.2) is 0 Å². The van der Waals surface area contributed by atoms with E-state index in [1.807, 2.05) is 24.3 Å². The Balaban J connectivity index is 2.78. The third-order valence-corrected chi connectivity index (χ3v) is 1.47. The van der Waals surface area contributed by atoms with Gasteiger partial charge < -0.3 is 4.79 Å². The first-order valence-corrected chi connectivity index (χ1v) is 3.86. The van der Waals surface area contributed by atoms with Crippen molar-refractivity contribution >= 4 is 6.29 Å². The van der Waals surface area contributed by atoms with Gasteiger partial charge in [0.2, 0.25) is 0 Å². The molecule has 0 fully saturated rings. The van der Waals surface area contributed by atoms with Gasteiger partial charge in [0.15, 0.2) is 0 Å². The van der Waals surface area contributed by atoms with Crippen molar-refractivity contribution < 1.29 is 4.79 Å². The van der Waals surface area contributed by atoms with Gasteiger partial charge in [-0.2, -0.15) is 0 Å². The lowest BCUT2D eigenvalue weighted by Crippen LogP contribution is -1.76. The van der Waals surface area contributed by atoms with Crippen LogP contribution in [-0.2, 0) is 4.79 Å². The van der Waals surface area contributed by atoms with Gasteiger partial charge in [0.1, 0.15) is 6.29 Å². The second-order valence-electron chi connectivity index (χ2n) is 2.39. The molecule has 0 N–H and O–H groups in total. The molecule has 13 heavy (non-hydrogen) atoms. The van der Waals surface area contributed by atoms with Crippen LogP contribution in [0.2, 0.25) is 0 Å². The summed E-state index contributed by atoms with van der Waals surface area (Å²) in [5.74, 6) is 8.08. The number of hydrogen-bond acceptors (Lipinski definition) is 1. The van der Waals surface area contributed by atoms with E-state index in [1.54, 1.807) is 0 Å². The Morgan fingerprint density at radius 1 is 1.23 bits per heavy atom. The maximum absolute atomic E-state index is 9.97. The van der Waals surface area contributed by atoms with Gasteiger partial charge in [-0.3, -0.25) is 0 Å². The van der Waals surface area contributed by atoms with Gasteiger partial charge in [0.05, 0.1) is 6.42 Å². The van der Waals surface area contributed by atoms with Crippen molar-refractivity contribution in [2.24, 2.45) is 0 Å². The highest BCUT2D eigenvalue weighted by Crippen LogP contribution is 2.01. The third-order valence-electron chi connectivity index (χ3n) is 1.47. The monoisotopic (exact) mass is 168 g/mol. The van der Waals surface area contributed by atoms with Crippen molar-refractivity contribution in [2.75, 3.05) is 0 Å². The fourth-order valence-electron chi connectivity index (χ4n) is 0.845. The highest BCUT2D eigenvalue weighted by Gasteiger charge is 1.86.